The Morgan fingerprint density at radius 2 is 1.40 bits per heavy atom. The third-order valence-electron chi connectivity index (χ3n) is 12.9. The molecule has 3 aromatic carbocycles. The summed E-state index contributed by atoms with van der Waals surface area (Å²) in [6, 6.07) is 13.1. The van der Waals surface area contributed by atoms with Crippen LogP contribution in [0.1, 0.15) is 82.3 Å². The summed E-state index contributed by atoms with van der Waals surface area (Å²) in [5.41, 5.74) is 6.67. The zero-order valence-corrected chi connectivity index (χ0v) is 44.3. The van der Waals surface area contributed by atoms with E-state index in [1.807, 2.05) is 45.9 Å². The molecule has 0 spiro atoms. The molecular formula is C54H63Cl2N7O12. The number of nitrogens with one attached hydrogen (secondary N) is 4. The van der Waals surface area contributed by atoms with Crippen LogP contribution in [0.3, 0.4) is 0 Å². The Morgan fingerprint density at radius 3 is 2.07 bits per heavy atom. The first-order valence-electron chi connectivity index (χ1n) is 24.9. The van der Waals surface area contributed by atoms with Crippen LogP contribution in [0.15, 0.2) is 53.3 Å². The fourth-order valence-corrected chi connectivity index (χ4v) is 9.56. The number of carbonyl (C=O) groups is 5. The number of carboxylic acid groups (broad SMARTS) is 1. The van der Waals surface area contributed by atoms with E-state index >= 15 is 0 Å². The summed E-state index contributed by atoms with van der Waals surface area (Å²) < 4.78 is 31.6. The summed E-state index contributed by atoms with van der Waals surface area (Å²) in [6.07, 6.45) is 2.49. The van der Waals surface area contributed by atoms with E-state index in [0.717, 1.165) is 33.0 Å². The maximum Gasteiger partial charge on any atom is 0.352 e. The number of aromatic amines is 1. The van der Waals surface area contributed by atoms with Crippen molar-refractivity contribution < 1.29 is 52.8 Å². The standard InChI is InChI=1S/C54H63Cl2N7O12/c1-31-27-47(67)63(42-14-15-44(64)59-53(42)68)43-28-36(10-11-38(31)43)75-30-46(66)58-17-8-19-72-22-24-73-23-21-71-18-7-16-57-45(65)29-62-35(5)48(34(4)61-62)49-41(55)13-12-40-39(52(54(69)70)60-51(40)49)9-6-20-74-37-25-32(2)50(56)33(3)26-37/h10-13,25-28,42,60H,6-9,14-24,29-30H2,1-5H3,(H,57,65)(H,58,66)(H,69,70)(H,59,64,68). The van der Waals surface area contributed by atoms with Gasteiger partial charge in [0.15, 0.2) is 6.61 Å². The van der Waals surface area contributed by atoms with Crippen molar-refractivity contribution in [3.63, 3.8) is 0 Å². The first kappa shape index (κ1) is 56.0. The SMILES string of the molecule is Cc1cc(OCCCc2c(C(=O)O)[nH]c3c(-c4c(C)nn(CC(=O)NCCCOCCOCCOCCCNC(=O)COc5ccc6c(C)cc(=O)n(C7CCC(=O)NC7=O)c6c5)c4C)c(Cl)ccc23)cc(C)c1Cl. The lowest BCUT2D eigenvalue weighted by Gasteiger charge is -2.25. The zero-order valence-electron chi connectivity index (χ0n) is 42.8. The number of hydrogen-bond acceptors (Lipinski definition) is 12. The van der Waals surface area contributed by atoms with Gasteiger partial charge in [-0.05, 0) is 119 Å². The highest BCUT2D eigenvalue weighted by Gasteiger charge is 2.30. The minimum absolute atomic E-state index is 0.0270. The van der Waals surface area contributed by atoms with Crippen LogP contribution in [0.2, 0.25) is 10.0 Å². The number of pyridine rings is 1. The highest BCUT2D eigenvalue weighted by Crippen LogP contribution is 2.40. The molecule has 5 N–H and O–H groups in total. The Balaban J connectivity index is 0.750. The number of hydrogen-bond donors (Lipinski definition) is 5. The summed E-state index contributed by atoms with van der Waals surface area (Å²) >= 11 is 13.2. The van der Waals surface area contributed by atoms with Gasteiger partial charge in [0.05, 0.1) is 54.8 Å². The van der Waals surface area contributed by atoms with Crippen molar-refractivity contribution in [1.82, 2.24) is 35.3 Å². The maximum atomic E-state index is 13.0. The number of aromatic nitrogens is 4. The average molecular weight is 1070 g/mol. The molecule has 0 radical (unpaired) electrons. The second kappa shape index (κ2) is 26.1. The minimum Gasteiger partial charge on any atom is -0.494 e. The molecule has 4 heterocycles. The summed E-state index contributed by atoms with van der Waals surface area (Å²) in [6.45, 7) is 12.5. The molecule has 1 unspecified atom stereocenters. The number of aromatic carboxylic acids is 1. The lowest BCUT2D eigenvalue weighted by Crippen LogP contribution is -2.44. The Bertz CT molecular complexity index is 3120. The third kappa shape index (κ3) is 14.1. The number of ether oxygens (including phenoxy) is 5. The molecule has 0 saturated carbocycles. The quantitative estimate of drug-likeness (QED) is 0.0258. The minimum atomic E-state index is -1.08. The van der Waals surface area contributed by atoms with Crippen LogP contribution in [0.5, 0.6) is 11.5 Å². The van der Waals surface area contributed by atoms with E-state index in [1.54, 1.807) is 35.9 Å². The number of rotatable bonds is 27. The highest BCUT2D eigenvalue weighted by atomic mass is 35.5. The summed E-state index contributed by atoms with van der Waals surface area (Å²) in [7, 11) is 0. The molecule has 400 valence electrons. The number of halogens is 2. The van der Waals surface area contributed by atoms with Crippen LogP contribution in [0.25, 0.3) is 32.9 Å². The second-order valence-corrected chi connectivity index (χ2v) is 19.2. The van der Waals surface area contributed by atoms with Gasteiger partial charge in [-0.15, -0.1) is 0 Å². The van der Waals surface area contributed by atoms with E-state index in [0.29, 0.717) is 140 Å². The van der Waals surface area contributed by atoms with Crippen LogP contribution in [0, 0.1) is 34.6 Å². The van der Waals surface area contributed by atoms with E-state index in [1.165, 1.54) is 10.6 Å². The summed E-state index contributed by atoms with van der Waals surface area (Å²) in [5, 5.41) is 25.5. The molecule has 1 aliphatic rings. The molecule has 1 saturated heterocycles. The van der Waals surface area contributed by atoms with Crippen molar-refractivity contribution in [2.75, 3.05) is 65.9 Å². The van der Waals surface area contributed by atoms with Crippen LogP contribution in [-0.2, 0) is 46.4 Å². The van der Waals surface area contributed by atoms with Crippen molar-refractivity contribution in [3.8, 4) is 22.6 Å². The number of H-pyrrole nitrogens is 1. The van der Waals surface area contributed by atoms with Crippen LogP contribution in [0.4, 0.5) is 0 Å². The van der Waals surface area contributed by atoms with Gasteiger partial charge in [-0.25, -0.2) is 4.79 Å². The Kier molecular flexibility index (Phi) is 19.5. The molecule has 4 amide bonds. The molecule has 0 bridgehead atoms. The van der Waals surface area contributed by atoms with Gasteiger partial charge in [0.2, 0.25) is 17.7 Å². The van der Waals surface area contributed by atoms with Gasteiger partial charge in [0.1, 0.15) is 29.8 Å². The van der Waals surface area contributed by atoms with Crippen LogP contribution >= 0.6 is 23.2 Å². The van der Waals surface area contributed by atoms with Crippen molar-refractivity contribution in [2.24, 2.45) is 0 Å². The number of carboxylic acids is 1. The number of carbonyl (C=O) groups excluding carboxylic acids is 4. The molecule has 6 aromatic rings. The largest absolute Gasteiger partial charge is 0.494 e. The predicted octanol–water partition coefficient (Wildman–Crippen LogP) is 7.02. The zero-order chi connectivity index (χ0) is 53.8. The number of benzene rings is 3. The smallest absolute Gasteiger partial charge is 0.352 e. The van der Waals surface area contributed by atoms with Gasteiger partial charge in [-0.1, -0.05) is 29.3 Å². The van der Waals surface area contributed by atoms with E-state index in [2.05, 4.69) is 26.0 Å². The Morgan fingerprint density at radius 1 is 0.747 bits per heavy atom. The first-order valence-corrected chi connectivity index (χ1v) is 25.7. The number of nitrogens with zero attached hydrogens (tertiary/aromatic N) is 3. The van der Waals surface area contributed by atoms with E-state index < -0.39 is 17.9 Å². The predicted molar refractivity (Wildman–Crippen MR) is 283 cm³/mol. The molecular weight excluding hydrogens is 1010 g/mol. The van der Waals surface area contributed by atoms with Crippen molar-refractivity contribution in [2.45, 2.75) is 85.7 Å². The van der Waals surface area contributed by atoms with Gasteiger partial charge in [-0.3, -0.25) is 38.5 Å². The van der Waals surface area contributed by atoms with Crippen molar-refractivity contribution >= 4 is 74.6 Å². The lowest BCUT2D eigenvalue weighted by atomic mass is 9.98. The molecule has 75 heavy (non-hydrogen) atoms. The van der Waals surface area contributed by atoms with Crippen molar-refractivity contribution in [3.05, 3.63) is 108 Å². The van der Waals surface area contributed by atoms with Crippen LogP contribution < -0.4 is 31.0 Å². The molecule has 7 rings (SSSR count). The van der Waals surface area contributed by atoms with E-state index in [9.17, 15) is 33.9 Å². The average Bonchev–Trinajstić information content (AvgIpc) is 3.87. The molecule has 0 aliphatic carbocycles. The fraction of sp³-hybridized carbons (Fsp3) is 0.426. The highest BCUT2D eigenvalue weighted by molar-refractivity contribution is 6.35. The summed E-state index contributed by atoms with van der Waals surface area (Å²) in [5.74, 6) is -1.49. The number of piperidine rings is 1. The molecule has 21 heteroatoms. The first-order chi connectivity index (χ1) is 36.0. The van der Waals surface area contributed by atoms with Gasteiger partial charge in [0.25, 0.3) is 11.5 Å². The van der Waals surface area contributed by atoms with E-state index in [-0.39, 0.29) is 55.0 Å². The second-order valence-electron chi connectivity index (χ2n) is 18.4. The van der Waals surface area contributed by atoms with Crippen molar-refractivity contribution in [1.29, 1.82) is 0 Å². The molecule has 1 aliphatic heterocycles. The number of fused-ring (bicyclic) bond motifs is 2. The molecule has 3 aromatic heterocycles. The van der Waals surface area contributed by atoms with Gasteiger partial charge in [0, 0.05) is 77.5 Å². The third-order valence-corrected chi connectivity index (χ3v) is 13.8. The number of imide groups is 1. The monoisotopic (exact) mass is 1070 g/mol. The molecule has 1 fully saturated rings. The maximum absolute atomic E-state index is 13.0. The normalized spacial score (nSPS) is 13.6. The van der Waals surface area contributed by atoms with Gasteiger partial charge < -0.3 is 44.4 Å². The molecule has 19 nitrogen and oxygen atoms in total. The molecule has 1 atom stereocenters. The van der Waals surface area contributed by atoms with Gasteiger partial charge >= 0.3 is 5.97 Å². The lowest BCUT2D eigenvalue weighted by molar-refractivity contribution is -0.135. The fourth-order valence-electron chi connectivity index (χ4n) is 9.19. The Hall–Kier alpha value is -6.77. The Labute approximate surface area is 443 Å². The van der Waals surface area contributed by atoms with Gasteiger partial charge in [-0.2, -0.15) is 5.10 Å². The number of amides is 4. The van der Waals surface area contributed by atoms with Crippen LogP contribution in [-0.4, -0.2) is 120 Å². The summed E-state index contributed by atoms with van der Waals surface area (Å²) in [4.78, 5) is 78.4. The topological polar surface area (TPSA) is 243 Å². The number of aryl methyl sites for hydroxylation is 5. The van der Waals surface area contributed by atoms with E-state index in [4.69, 9.17) is 46.9 Å².